The Labute approximate surface area is 130 Å². The van der Waals surface area contributed by atoms with Crippen LogP contribution in [0.15, 0.2) is 29.2 Å². The van der Waals surface area contributed by atoms with Crippen LogP contribution in [-0.4, -0.2) is 57.5 Å². The molecular weight excluding hydrogens is 306 g/mol. The molecule has 8 heteroatoms. The zero-order chi connectivity index (χ0) is 16.2. The molecule has 22 heavy (non-hydrogen) atoms. The van der Waals surface area contributed by atoms with Crippen LogP contribution < -0.4 is 11.1 Å². The Morgan fingerprint density at radius 1 is 1.41 bits per heavy atom. The number of amides is 1. The van der Waals surface area contributed by atoms with E-state index < -0.39 is 10.0 Å². The van der Waals surface area contributed by atoms with E-state index in [0.717, 1.165) is 0 Å². The average molecular weight is 327 g/mol. The van der Waals surface area contributed by atoms with Gasteiger partial charge in [0, 0.05) is 31.2 Å². The maximum absolute atomic E-state index is 12.6. The Bertz CT molecular complexity index is 627. The number of nitrogens with zero attached hydrogens (tertiary/aromatic N) is 1. The van der Waals surface area contributed by atoms with Crippen molar-refractivity contribution in [1.29, 1.82) is 0 Å². The minimum Gasteiger partial charge on any atom is -0.379 e. The number of nitrogens with one attached hydrogen (secondary N) is 1. The van der Waals surface area contributed by atoms with E-state index in [1.54, 1.807) is 19.1 Å². The zero-order valence-corrected chi connectivity index (χ0v) is 13.3. The van der Waals surface area contributed by atoms with Gasteiger partial charge in [0.15, 0.2) is 0 Å². The lowest BCUT2D eigenvalue weighted by Crippen LogP contribution is -2.40. The van der Waals surface area contributed by atoms with Crippen molar-refractivity contribution in [3.63, 3.8) is 0 Å². The van der Waals surface area contributed by atoms with Gasteiger partial charge in [0.05, 0.1) is 18.1 Å². The number of benzene rings is 1. The Morgan fingerprint density at radius 3 is 2.73 bits per heavy atom. The van der Waals surface area contributed by atoms with E-state index in [-0.39, 0.29) is 16.8 Å². The summed E-state index contributed by atoms with van der Waals surface area (Å²) in [5.74, 6) is -0.336. The summed E-state index contributed by atoms with van der Waals surface area (Å²) >= 11 is 0. The van der Waals surface area contributed by atoms with E-state index in [1.165, 1.54) is 16.4 Å². The number of sulfonamides is 1. The lowest BCUT2D eigenvalue weighted by Gasteiger charge is -2.26. The maximum Gasteiger partial charge on any atom is 0.251 e. The van der Waals surface area contributed by atoms with Crippen molar-refractivity contribution in [2.45, 2.75) is 17.9 Å². The monoisotopic (exact) mass is 327 g/mol. The van der Waals surface area contributed by atoms with E-state index in [4.69, 9.17) is 10.5 Å². The molecule has 3 N–H and O–H groups in total. The van der Waals surface area contributed by atoms with Gasteiger partial charge in [0.25, 0.3) is 5.91 Å². The first-order chi connectivity index (χ1) is 10.4. The molecule has 1 amide bonds. The van der Waals surface area contributed by atoms with Crippen molar-refractivity contribution in [2.75, 3.05) is 32.8 Å². The van der Waals surface area contributed by atoms with Gasteiger partial charge in [0.2, 0.25) is 10.0 Å². The van der Waals surface area contributed by atoms with Crippen LogP contribution in [0.25, 0.3) is 0 Å². The Hall–Kier alpha value is -1.48. The van der Waals surface area contributed by atoms with Gasteiger partial charge < -0.3 is 15.8 Å². The number of ether oxygens (including phenoxy) is 1. The number of morpholine rings is 1. The number of nitrogens with two attached hydrogens (primary N) is 1. The van der Waals surface area contributed by atoms with E-state index in [2.05, 4.69) is 5.32 Å². The van der Waals surface area contributed by atoms with Crippen molar-refractivity contribution < 1.29 is 17.9 Å². The standard InChI is InChI=1S/C14H21N3O4S/c1-11(10-15)16-14(18)12-3-2-4-13(9-12)22(19,20)17-5-7-21-8-6-17/h2-4,9,11H,5-8,10,15H2,1H3,(H,16,18)/t11-/m0/s1. The molecule has 1 atom stereocenters. The van der Waals surface area contributed by atoms with Gasteiger partial charge in [-0.1, -0.05) is 6.07 Å². The van der Waals surface area contributed by atoms with Gasteiger partial charge in [0.1, 0.15) is 0 Å². The molecule has 0 aromatic heterocycles. The number of hydrogen-bond acceptors (Lipinski definition) is 5. The molecule has 1 aliphatic heterocycles. The summed E-state index contributed by atoms with van der Waals surface area (Å²) < 4.78 is 31.7. The number of carbonyl (C=O) groups is 1. The van der Waals surface area contributed by atoms with Crippen LogP contribution in [0.1, 0.15) is 17.3 Å². The van der Waals surface area contributed by atoms with Gasteiger partial charge in [-0.05, 0) is 25.1 Å². The fraction of sp³-hybridized carbons (Fsp3) is 0.500. The van der Waals surface area contributed by atoms with Crippen LogP contribution in [-0.2, 0) is 14.8 Å². The Kier molecular flexibility index (Phi) is 5.52. The highest BCUT2D eigenvalue weighted by Gasteiger charge is 2.26. The van der Waals surface area contributed by atoms with Crippen LogP contribution in [0.3, 0.4) is 0 Å². The normalized spacial score (nSPS) is 17.9. The summed E-state index contributed by atoms with van der Waals surface area (Å²) in [6.07, 6.45) is 0. The summed E-state index contributed by atoms with van der Waals surface area (Å²) in [6.45, 7) is 3.51. The quantitative estimate of drug-likeness (QED) is 0.779. The summed E-state index contributed by atoms with van der Waals surface area (Å²) in [7, 11) is -3.60. The van der Waals surface area contributed by atoms with E-state index in [0.29, 0.717) is 38.4 Å². The van der Waals surface area contributed by atoms with Crippen molar-refractivity contribution in [1.82, 2.24) is 9.62 Å². The third-order valence-electron chi connectivity index (χ3n) is 3.44. The predicted octanol–water partition coefficient (Wildman–Crippen LogP) is -0.215. The van der Waals surface area contributed by atoms with Gasteiger partial charge in [-0.15, -0.1) is 0 Å². The SMILES string of the molecule is C[C@@H](CN)NC(=O)c1cccc(S(=O)(=O)N2CCOCC2)c1. The first-order valence-electron chi connectivity index (χ1n) is 7.14. The second kappa shape index (κ2) is 7.19. The predicted molar refractivity (Wildman–Crippen MR) is 82.0 cm³/mol. The molecule has 0 aliphatic carbocycles. The van der Waals surface area contributed by atoms with Crippen molar-refractivity contribution in [2.24, 2.45) is 5.73 Å². The summed E-state index contributed by atoms with van der Waals surface area (Å²) in [6, 6.07) is 5.86. The van der Waals surface area contributed by atoms with Crippen LogP contribution in [0, 0.1) is 0 Å². The molecule has 1 saturated heterocycles. The molecule has 1 aliphatic rings. The first kappa shape index (κ1) is 16.9. The highest BCUT2D eigenvalue weighted by Crippen LogP contribution is 2.18. The molecule has 1 aromatic carbocycles. The molecule has 0 unspecified atom stereocenters. The fourth-order valence-corrected chi connectivity index (χ4v) is 3.55. The number of hydrogen-bond donors (Lipinski definition) is 2. The van der Waals surface area contributed by atoms with E-state index in [9.17, 15) is 13.2 Å². The molecule has 0 spiro atoms. The summed E-state index contributed by atoms with van der Waals surface area (Å²) in [5, 5.41) is 2.71. The lowest BCUT2D eigenvalue weighted by molar-refractivity contribution is 0.0730. The second-order valence-electron chi connectivity index (χ2n) is 5.15. The molecule has 122 valence electrons. The first-order valence-corrected chi connectivity index (χ1v) is 8.58. The van der Waals surface area contributed by atoms with Gasteiger partial charge >= 0.3 is 0 Å². The topological polar surface area (TPSA) is 102 Å². The van der Waals surface area contributed by atoms with E-state index >= 15 is 0 Å². The third-order valence-corrected chi connectivity index (χ3v) is 5.33. The molecule has 7 nitrogen and oxygen atoms in total. The van der Waals surface area contributed by atoms with Crippen LogP contribution in [0.4, 0.5) is 0 Å². The van der Waals surface area contributed by atoms with Crippen LogP contribution >= 0.6 is 0 Å². The Balaban J connectivity index is 2.22. The van der Waals surface area contributed by atoms with Gasteiger partial charge in [-0.25, -0.2) is 8.42 Å². The van der Waals surface area contributed by atoms with Crippen molar-refractivity contribution in [3.8, 4) is 0 Å². The molecule has 1 aromatic rings. The van der Waals surface area contributed by atoms with Crippen LogP contribution in [0.2, 0.25) is 0 Å². The molecular formula is C14H21N3O4S. The molecule has 0 saturated carbocycles. The highest BCUT2D eigenvalue weighted by atomic mass is 32.2. The number of carbonyl (C=O) groups excluding carboxylic acids is 1. The molecule has 2 rings (SSSR count). The zero-order valence-electron chi connectivity index (χ0n) is 12.5. The smallest absolute Gasteiger partial charge is 0.251 e. The molecule has 1 heterocycles. The average Bonchev–Trinajstić information content (AvgIpc) is 2.55. The summed E-state index contributed by atoms with van der Waals surface area (Å²) in [4.78, 5) is 12.2. The Morgan fingerprint density at radius 2 is 2.09 bits per heavy atom. The van der Waals surface area contributed by atoms with Gasteiger partial charge in [-0.2, -0.15) is 4.31 Å². The molecule has 0 radical (unpaired) electrons. The minimum atomic E-state index is -3.60. The maximum atomic E-state index is 12.6. The third kappa shape index (κ3) is 3.83. The summed E-state index contributed by atoms with van der Waals surface area (Å²) in [5.41, 5.74) is 5.77. The molecule has 0 bridgehead atoms. The van der Waals surface area contributed by atoms with Crippen molar-refractivity contribution >= 4 is 15.9 Å². The lowest BCUT2D eigenvalue weighted by atomic mass is 10.2. The second-order valence-corrected chi connectivity index (χ2v) is 7.09. The van der Waals surface area contributed by atoms with Crippen molar-refractivity contribution in [3.05, 3.63) is 29.8 Å². The minimum absolute atomic E-state index is 0.113. The fourth-order valence-electron chi connectivity index (χ4n) is 2.10. The van der Waals surface area contributed by atoms with E-state index in [1.807, 2.05) is 0 Å². The largest absolute Gasteiger partial charge is 0.379 e. The molecule has 1 fully saturated rings. The number of rotatable bonds is 5. The van der Waals surface area contributed by atoms with Crippen LogP contribution in [0.5, 0.6) is 0 Å². The van der Waals surface area contributed by atoms with Gasteiger partial charge in [-0.3, -0.25) is 4.79 Å². The highest BCUT2D eigenvalue weighted by molar-refractivity contribution is 7.89.